The summed E-state index contributed by atoms with van der Waals surface area (Å²) in [7, 11) is -4.17. The average molecular weight is 750 g/mol. The van der Waals surface area contributed by atoms with Gasteiger partial charge in [0.1, 0.15) is 11.6 Å². The van der Waals surface area contributed by atoms with Crippen molar-refractivity contribution in [3.05, 3.63) is 94.3 Å². The Balaban J connectivity index is 1.28. The lowest BCUT2D eigenvalue weighted by Crippen LogP contribution is -2.71. The number of nitrogens with one attached hydrogen (secondary N) is 3. The quantitative estimate of drug-likeness (QED) is 0.191. The van der Waals surface area contributed by atoms with Gasteiger partial charge in [-0.05, 0) is 75.1 Å². The molecule has 2 bridgehead atoms. The van der Waals surface area contributed by atoms with Crippen LogP contribution in [-0.4, -0.2) is 60.5 Å². The largest absolute Gasteiger partial charge is 0.444 e. The van der Waals surface area contributed by atoms with E-state index in [2.05, 4.69) is 16.0 Å². The fourth-order valence-corrected chi connectivity index (χ4v) is 9.45. The zero-order valence-electron chi connectivity index (χ0n) is 28.3. The summed E-state index contributed by atoms with van der Waals surface area (Å²) in [5.41, 5.74) is -1.99. The Hall–Kier alpha value is -4.14. The van der Waals surface area contributed by atoms with Gasteiger partial charge in [0.2, 0.25) is 5.91 Å². The van der Waals surface area contributed by atoms with Crippen LogP contribution in [0.1, 0.15) is 56.5 Å². The lowest BCUT2D eigenvalue weighted by atomic mass is 9.48. The van der Waals surface area contributed by atoms with E-state index in [0.29, 0.717) is 12.1 Å². The first kappa shape index (κ1) is 38.1. The van der Waals surface area contributed by atoms with Crippen molar-refractivity contribution in [2.75, 3.05) is 11.9 Å². The third-order valence-electron chi connectivity index (χ3n) is 9.60. The molecule has 274 valence electrons. The van der Waals surface area contributed by atoms with Gasteiger partial charge in [0, 0.05) is 36.3 Å². The Labute approximate surface area is 299 Å². The van der Waals surface area contributed by atoms with Crippen LogP contribution in [0.3, 0.4) is 0 Å². The molecule has 3 aromatic rings. The molecular weight excluding hydrogens is 711 g/mol. The summed E-state index contributed by atoms with van der Waals surface area (Å²) >= 11 is 6.31. The van der Waals surface area contributed by atoms with E-state index in [-0.39, 0.29) is 52.9 Å². The SMILES string of the molecule is CC1C2CC(S(=O)(=O)c3cc(C(=O)Nc4cc(F)c(F)c(F)c4)ccc3Cl)CC1C2(O)CNC(=O)[C@H](Cc1ccccc1)NC(=O)OC(C)(C)C. The normalized spacial score (nSPS) is 23.4. The number of alkyl carbamates (subject to hydrolysis) is 1. The first-order valence-corrected chi connectivity index (χ1v) is 18.3. The van der Waals surface area contributed by atoms with E-state index in [1.54, 1.807) is 32.9 Å². The molecule has 3 aliphatic carbocycles. The molecule has 0 radical (unpaired) electrons. The smallest absolute Gasteiger partial charge is 0.408 e. The maximum absolute atomic E-state index is 13.9. The van der Waals surface area contributed by atoms with Gasteiger partial charge in [-0.1, -0.05) is 48.9 Å². The van der Waals surface area contributed by atoms with Crippen molar-refractivity contribution in [1.82, 2.24) is 10.6 Å². The molecule has 3 atom stereocenters. The highest BCUT2D eigenvalue weighted by atomic mass is 35.5. The molecule has 0 saturated heterocycles. The van der Waals surface area contributed by atoms with Crippen molar-refractivity contribution in [2.24, 2.45) is 17.8 Å². The number of halogens is 4. The van der Waals surface area contributed by atoms with Crippen molar-refractivity contribution < 1.29 is 45.8 Å². The highest BCUT2D eigenvalue weighted by Crippen LogP contribution is 2.59. The van der Waals surface area contributed by atoms with Gasteiger partial charge in [0.05, 0.1) is 20.8 Å². The Bertz CT molecular complexity index is 1900. The topological polar surface area (TPSA) is 151 Å². The summed E-state index contributed by atoms with van der Waals surface area (Å²) in [6.07, 6.45) is -0.546. The predicted molar refractivity (Wildman–Crippen MR) is 183 cm³/mol. The van der Waals surface area contributed by atoms with Crippen LogP contribution in [0.15, 0.2) is 65.6 Å². The second-order valence-corrected chi connectivity index (χ2v) is 16.8. The summed E-state index contributed by atoms with van der Waals surface area (Å²) in [5.74, 6) is -7.30. The first-order chi connectivity index (χ1) is 23.8. The maximum atomic E-state index is 13.9. The van der Waals surface area contributed by atoms with Gasteiger partial charge in [-0.2, -0.15) is 0 Å². The summed E-state index contributed by atoms with van der Waals surface area (Å²) in [5, 5.41) is 18.2. The molecule has 10 nitrogen and oxygen atoms in total. The monoisotopic (exact) mass is 749 g/mol. The Kier molecular flexibility index (Phi) is 10.8. The molecule has 51 heavy (non-hydrogen) atoms. The molecule has 0 aromatic heterocycles. The molecule has 3 amide bonds. The number of fused-ring (bicyclic) bond motifs is 2. The number of benzene rings is 3. The standard InChI is InChI=1S/C36H39ClF3N3O7S/c1-19-24-16-23(51(48,49)30-13-21(10-11-26(30)37)32(44)42-22-14-27(38)31(40)28(39)15-22)17-25(19)36(24,47)18-41-33(45)29(12-20-8-6-5-7-9-20)43-34(46)50-35(2,3)4/h5-11,13-15,19,23-25,29,47H,12,16-18H2,1-4H3,(H,41,45)(H,42,44)(H,43,46)/t19?,23?,24?,25?,29-,36?/m0/s1. The van der Waals surface area contributed by atoms with Crippen LogP contribution in [-0.2, 0) is 25.8 Å². The molecule has 6 rings (SSSR count). The van der Waals surface area contributed by atoms with E-state index in [1.807, 2.05) is 25.1 Å². The van der Waals surface area contributed by atoms with Gasteiger partial charge in [0.15, 0.2) is 27.3 Å². The van der Waals surface area contributed by atoms with Crippen molar-refractivity contribution in [1.29, 1.82) is 0 Å². The third kappa shape index (κ3) is 8.18. The zero-order valence-corrected chi connectivity index (χ0v) is 29.9. The fourth-order valence-electron chi connectivity index (χ4n) is 7.10. The molecule has 3 aromatic carbocycles. The minimum Gasteiger partial charge on any atom is -0.444 e. The van der Waals surface area contributed by atoms with E-state index in [1.165, 1.54) is 12.1 Å². The lowest BCUT2D eigenvalue weighted by Gasteiger charge is -2.62. The summed E-state index contributed by atoms with van der Waals surface area (Å²) in [4.78, 5) is 38.6. The molecule has 15 heteroatoms. The van der Waals surface area contributed by atoms with Crippen LogP contribution in [0, 0.1) is 35.2 Å². The second kappa shape index (κ2) is 14.5. The van der Waals surface area contributed by atoms with Crippen LogP contribution in [0.25, 0.3) is 0 Å². The van der Waals surface area contributed by atoms with E-state index >= 15 is 0 Å². The summed E-state index contributed by atoms with van der Waals surface area (Å²) in [6.45, 7) is 6.81. The highest BCUT2D eigenvalue weighted by molar-refractivity contribution is 7.92. The number of amides is 3. The maximum Gasteiger partial charge on any atom is 0.408 e. The van der Waals surface area contributed by atoms with Crippen molar-refractivity contribution in [3.63, 3.8) is 0 Å². The summed E-state index contributed by atoms with van der Waals surface area (Å²) in [6, 6.07) is 12.7. The average Bonchev–Trinajstić information content (AvgIpc) is 3.05. The first-order valence-electron chi connectivity index (χ1n) is 16.3. The Morgan fingerprint density at radius 1 is 1.00 bits per heavy atom. The lowest BCUT2D eigenvalue weighted by molar-refractivity contribution is -0.213. The number of hydrogen-bond acceptors (Lipinski definition) is 7. The van der Waals surface area contributed by atoms with Gasteiger partial charge in [0.25, 0.3) is 5.91 Å². The third-order valence-corrected chi connectivity index (χ3v) is 12.3. The van der Waals surface area contributed by atoms with Crippen molar-refractivity contribution in [3.8, 4) is 0 Å². The molecule has 0 spiro atoms. The van der Waals surface area contributed by atoms with Gasteiger partial charge in [-0.15, -0.1) is 0 Å². The number of anilines is 1. The number of rotatable bonds is 10. The molecule has 3 aliphatic rings. The molecule has 2 unspecified atom stereocenters. The molecule has 4 N–H and O–H groups in total. The van der Waals surface area contributed by atoms with Crippen LogP contribution >= 0.6 is 11.6 Å². The van der Waals surface area contributed by atoms with Crippen LogP contribution in [0.4, 0.5) is 23.7 Å². The van der Waals surface area contributed by atoms with Crippen LogP contribution in [0.5, 0.6) is 0 Å². The number of sulfone groups is 1. The van der Waals surface area contributed by atoms with E-state index in [4.69, 9.17) is 16.3 Å². The summed E-state index contributed by atoms with van der Waals surface area (Å²) < 4.78 is 73.9. The van der Waals surface area contributed by atoms with E-state index < -0.39 is 79.5 Å². The van der Waals surface area contributed by atoms with Gasteiger partial charge >= 0.3 is 6.09 Å². The number of carbonyl (C=O) groups is 3. The molecular formula is C36H39ClF3N3O7S. The minimum atomic E-state index is -4.17. The van der Waals surface area contributed by atoms with Crippen molar-refractivity contribution >= 4 is 45.0 Å². The zero-order chi connectivity index (χ0) is 37.5. The van der Waals surface area contributed by atoms with Crippen LogP contribution in [0.2, 0.25) is 5.02 Å². The number of ether oxygens (including phenoxy) is 1. The van der Waals surface area contributed by atoms with Crippen molar-refractivity contribution in [2.45, 2.75) is 74.3 Å². The fraction of sp³-hybridized carbons (Fsp3) is 0.417. The number of aliphatic hydroxyl groups is 1. The van der Waals surface area contributed by atoms with Crippen LogP contribution < -0.4 is 16.0 Å². The highest BCUT2D eigenvalue weighted by Gasteiger charge is 2.64. The van der Waals surface area contributed by atoms with Gasteiger partial charge < -0.3 is 25.8 Å². The molecule has 3 fully saturated rings. The minimum absolute atomic E-state index is 0.0386. The molecule has 0 aliphatic heterocycles. The Morgan fingerprint density at radius 3 is 2.20 bits per heavy atom. The van der Waals surface area contributed by atoms with Gasteiger partial charge in [-0.25, -0.2) is 26.4 Å². The number of carbonyl (C=O) groups excluding carboxylic acids is 3. The number of hydrogen-bond donors (Lipinski definition) is 4. The second-order valence-electron chi connectivity index (χ2n) is 14.2. The molecule has 3 saturated carbocycles. The predicted octanol–water partition coefficient (Wildman–Crippen LogP) is 5.81. The van der Waals surface area contributed by atoms with E-state index in [0.717, 1.165) is 11.6 Å². The Morgan fingerprint density at radius 2 is 1.61 bits per heavy atom. The van der Waals surface area contributed by atoms with E-state index in [9.17, 15) is 41.1 Å². The molecule has 0 heterocycles. The van der Waals surface area contributed by atoms with Gasteiger partial charge in [-0.3, -0.25) is 9.59 Å².